The summed E-state index contributed by atoms with van der Waals surface area (Å²) in [5.74, 6) is 0.530. The van der Waals surface area contributed by atoms with E-state index in [1.54, 1.807) is 0 Å². The van der Waals surface area contributed by atoms with Crippen molar-refractivity contribution in [2.45, 2.75) is 57.5 Å². The smallest absolute Gasteiger partial charge is 0.243 e. The summed E-state index contributed by atoms with van der Waals surface area (Å²) >= 11 is 0. The fourth-order valence-corrected chi connectivity index (χ4v) is 2.73. The highest BCUT2D eigenvalue weighted by Crippen LogP contribution is 2.28. The molecule has 16 heavy (non-hydrogen) atoms. The highest BCUT2D eigenvalue weighted by Gasteiger charge is 2.31. The molecule has 0 radical (unpaired) electrons. The number of carbonyl (C=O) groups excluding carboxylic acids is 2. The maximum atomic E-state index is 11.5. The normalized spacial score (nSPS) is 35.2. The van der Waals surface area contributed by atoms with Crippen molar-refractivity contribution in [1.29, 1.82) is 0 Å². The molecule has 90 valence electrons. The average molecular weight is 224 g/mol. The first kappa shape index (κ1) is 11.6. The molecule has 2 N–H and O–H groups in total. The fourth-order valence-electron chi connectivity index (χ4n) is 2.73. The van der Waals surface area contributed by atoms with E-state index in [2.05, 4.69) is 17.6 Å². The minimum atomic E-state index is -0.154. The first-order valence-electron chi connectivity index (χ1n) is 6.28. The van der Waals surface area contributed by atoms with E-state index in [0.717, 1.165) is 12.3 Å². The monoisotopic (exact) mass is 224 g/mol. The summed E-state index contributed by atoms with van der Waals surface area (Å²) in [5.41, 5.74) is 0. The van der Waals surface area contributed by atoms with Crippen molar-refractivity contribution in [2.75, 3.05) is 0 Å². The lowest BCUT2D eigenvalue weighted by Crippen LogP contribution is -2.53. The Kier molecular flexibility index (Phi) is 3.59. The van der Waals surface area contributed by atoms with Gasteiger partial charge in [0.2, 0.25) is 11.8 Å². The van der Waals surface area contributed by atoms with E-state index in [1.807, 2.05) is 0 Å². The molecule has 1 aliphatic heterocycles. The van der Waals surface area contributed by atoms with E-state index in [0.29, 0.717) is 18.9 Å². The summed E-state index contributed by atoms with van der Waals surface area (Å²) < 4.78 is 0. The Hall–Kier alpha value is -0.900. The van der Waals surface area contributed by atoms with Gasteiger partial charge in [0.1, 0.15) is 0 Å². The molecule has 2 fully saturated rings. The third-order valence-electron chi connectivity index (χ3n) is 3.79. The van der Waals surface area contributed by atoms with Gasteiger partial charge in [-0.1, -0.05) is 13.3 Å². The molecule has 4 heteroatoms. The minimum absolute atomic E-state index is 0.138. The third-order valence-corrected chi connectivity index (χ3v) is 3.79. The lowest BCUT2D eigenvalue weighted by molar-refractivity contribution is -0.134. The van der Waals surface area contributed by atoms with E-state index in [-0.39, 0.29) is 17.9 Å². The predicted octanol–water partition coefficient (Wildman–Crippen LogP) is 0.960. The Balaban J connectivity index is 1.81. The number of nitrogens with one attached hydrogen (secondary N) is 2. The first-order valence-corrected chi connectivity index (χ1v) is 6.28. The topological polar surface area (TPSA) is 58.2 Å². The van der Waals surface area contributed by atoms with Crippen molar-refractivity contribution >= 4 is 11.8 Å². The van der Waals surface area contributed by atoms with Crippen LogP contribution in [0.4, 0.5) is 0 Å². The van der Waals surface area contributed by atoms with Gasteiger partial charge in [-0.15, -0.1) is 0 Å². The summed E-state index contributed by atoms with van der Waals surface area (Å²) in [6.45, 7) is 2.22. The van der Waals surface area contributed by atoms with Crippen molar-refractivity contribution in [2.24, 2.45) is 5.92 Å². The first-order chi connectivity index (χ1) is 7.69. The summed E-state index contributed by atoms with van der Waals surface area (Å²) in [5, 5.41) is 5.78. The third kappa shape index (κ3) is 2.61. The molecule has 1 saturated carbocycles. The second kappa shape index (κ2) is 4.95. The second-order valence-corrected chi connectivity index (χ2v) is 4.95. The highest BCUT2D eigenvalue weighted by atomic mass is 16.2. The molecule has 0 bridgehead atoms. The Bertz CT molecular complexity index is 291. The maximum absolute atomic E-state index is 11.5. The van der Waals surface area contributed by atoms with Crippen LogP contribution in [0.2, 0.25) is 0 Å². The van der Waals surface area contributed by atoms with Gasteiger partial charge in [-0.25, -0.2) is 0 Å². The van der Waals surface area contributed by atoms with Crippen molar-refractivity contribution in [1.82, 2.24) is 10.6 Å². The zero-order chi connectivity index (χ0) is 11.5. The van der Waals surface area contributed by atoms with Gasteiger partial charge >= 0.3 is 0 Å². The van der Waals surface area contributed by atoms with Crippen LogP contribution in [0.5, 0.6) is 0 Å². The van der Waals surface area contributed by atoms with Gasteiger partial charge in [0, 0.05) is 12.5 Å². The zero-order valence-corrected chi connectivity index (χ0v) is 9.79. The van der Waals surface area contributed by atoms with E-state index in [1.165, 1.54) is 19.3 Å². The largest absolute Gasteiger partial charge is 0.303 e. The molecular formula is C12H20N2O2. The molecular weight excluding hydrogens is 204 g/mol. The molecule has 2 rings (SSSR count). The van der Waals surface area contributed by atoms with Gasteiger partial charge in [0.25, 0.3) is 0 Å². The molecule has 0 spiro atoms. The van der Waals surface area contributed by atoms with Crippen molar-refractivity contribution < 1.29 is 9.59 Å². The molecule has 0 aromatic heterocycles. The number of piperidine rings is 1. The highest BCUT2D eigenvalue weighted by molar-refractivity contribution is 6.00. The van der Waals surface area contributed by atoms with Crippen LogP contribution in [0, 0.1) is 5.92 Å². The van der Waals surface area contributed by atoms with E-state index in [4.69, 9.17) is 0 Å². The number of hydrogen-bond acceptors (Lipinski definition) is 3. The van der Waals surface area contributed by atoms with Crippen LogP contribution in [0.3, 0.4) is 0 Å². The molecule has 3 atom stereocenters. The van der Waals surface area contributed by atoms with Gasteiger partial charge < -0.3 is 5.32 Å². The molecule has 1 saturated heterocycles. The second-order valence-electron chi connectivity index (χ2n) is 4.95. The maximum Gasteiger partial charge on any atom is 0.243 e. The van der Waals surface area contributed by atoms with Crippen LogP contribution >= 0.6 is 0 Å². The number of rotatable bonds is 3. The molecule has 1 aliphatic carbocycles. The zero-order valence-electron chi connectivity index (χ0n) is 9.79. The van der Waals surface area contributed by atoms with E-state index >= 15 is 0 Å². The molecule has 3 unspecified atom stereocenters. The lowest BCUT2D eigenvalue weighted by atomic mass is 10.0. The molecule has 2 aliphatic rings. The molecule has 2 amide bonds. The van der Waals surface area contributed by atoms with E-state index < -0.39 is 0 Å². The van der Waals surface area contributed by atoms with Crippen molar-refractivity contribution in [3.8, 4) is 0 Å². The number of amides is 2. The summed E-state index contributed by atoms with van der Waals surface area (Å²) in [6, 6.07) is 0.312. The van der Waals surface area contributed by atoms with E-state index in [9.17, 15) is 9.59 Å². The summed E-state index contributed by atoms with van der Waals surface area (Å²) in [4.78, 5) is 22.5. The van der Waals surface area contributed by atoms with Gasteiger partial charge in [-0.2, -0.15) is 0 Å². The van der Waals surface area contributed by atoms with Crippen LogP contribution in [-0.2, 0) is 9.59 Å². The molecule has 0 aromatic carbocycles. The van der Waals surface area contributed by atoms with Crippen LogP contribution in [0.25, 0.3) is 0 Å². The van der Waals surface area contributed by atoms with Crippen molar-refractivity contribution in [3.05, 3.63) is 0 Å². The van der Waals surface area contributed by atoms with Crippen LogP contribution in [0.15, 0.2) is 0 Å². The summed E-state index contributed by atoms with van der Waals surface area (Å²) in [7, 11) is 0. The SMILES string of the molecule is CCC1CCC(NC2CCC(=O)NC2=O)C1. The molecule has 0 aromatic rings. The van der Waals surface area contributed by atoms with Gasteiger partial charge in [0.15, 0.2) is 0 Å². The van der Waals surface area contributed by atoms with Crippen LogP contribution < -0.4 is 10.6 Å². The number of imide groups is 1. The number of carbonyl (C=O) groups is 2. The Morgan fingerprint density at radius 3 is 2.75 bits per heavy atom. The quantitative estimate of drug-likeness (QED) is 0.702. The fraction of sp³-hybridized carbons (Fsp3) is 0.833. The predicted molar refractivity (Wildman–Crippen MR) is 60.7 cm³/mol. The van der Waals surface area contributed by atoms with Crippen LogP contribution in [-0.4, -0.2) is 23.9 Å². The Morgan fingerprint density at radius 1 is 1.31 bits per heavy atom. The Morgan fingerprint density at radius 2 is 2.12 bits per heavy atom. The van der Waals surface area contributed by atoms with Crippen LogP contribution in [0.1, 0.15) is 45.4 Å². The minimum Gasteiger partial charge on any atom is -0.303 e. The standard InChI is InChI=1S/C12H20N2O2/c1-2-8-3-4-9(7-8)13-10-5-6-11(15)14-12(10)16/h8-10,13H,2-7H2,1H3,(H,14,15,16). The molecule has 4 nitrogen and oxygen atoms in total. The van der Waals surface area contributed by atoms with Gasteiger partial charge in [-0.3, -0.25) is 14.9 Å². The average Bonchev–Trinajstić information content (AvgIpc) is 2.70. The van der Waals surface area contributed by atoms with Gasteiger partial charge in [0.05, 0.1) is 6.04 Å². The summed E-state index contributed by atoms with van der Waals surface area (Å²) in [6.07, 6.45) is 5.95. The number of hydrogen-bond donors (Lipinski definition) is 2. The van der Waals surface area contributed by atoms with Gasteiger partial charge in [-0.05, 0) is 31.6 Å². The van der Waals surface area contributed by atoms with Crippen molar-refractivity contribution in [3.63, 3.8) is 0 Å². The Labute approximate surface area is 96.2 Å². The lowest BCUT2D eigenvalue weighted by Gasteiger charge is -2.25. The molecule has 1 heterocycles.